The van der Waals surface area contributed by atoms with E-state index in [9.17, 15) is 4.79 Å². The van der Waals surface area contributed by atoms with Gasteiger partial charge in [0.05, 0.1) is 12.8 Å². The maximum atomic E-state index is 11.1. The number of methoxy groups -OCH3 is 1. The van der Waals surface area contributed by atoms with Crippen molar-refractivity contribution in [3.05, 3.63) is 47.7 Å². The van der Waals surface area contributed by atoms with Crippen molar-refractivity contribution < 1.29 is 14.6 Å². The summed E-state index contributed by atoms with van der Waals surface area (Å²) in [6, 6.07) is 11.1. The average Bonchev–Trinajstić information content (AvgIpc) is 2.46. The minimum absolute atomic E-state index is 0.0210. The Labute approximate surface area is 118 Å². The van der Waals surface area contributed by atoms with Crippen LogP contribution < -0.4 is 4.74 Å². The summed E-state index contributed by atoms with van der Waals surface area (Å²) in [5.41, 5.74) is 2.68. The molecule has 0 spiro atoms. The molecule has 2 aromatic rings. The van der Waals surface area contributed by atoms with Gasteiger partial charge in [-0.2, -0.15) is 0 Å². The summed E-state index contributed by atoms with van der Waals surface area (Å²) in [5.74, 6) is -0.124. The van der Waals surface area contributed by atoms with Gasteiger partial charge in [0.25, 0.3) is 0 Å². The number of carboxylic acids is 1. The molecule has 1 aromatic carbocycles. The highest BCUT2D eigenvalue weighted by Gasteiger charge is 2.11. The number of nitrogens with zero attached hydrogens (tertiary/aromatic N) is 1. The molecule has 20 heavy (non-hydrogen) atoms. The number of aromatic nitrogens is 1. The van der Waals surface area contributed by atoms with Gasteiger partial charge in [0.1, 0.15) is 5.75 Å². The van der Waals surface area contributed by atoms with E-state index in [1.165, 1.54) is 18.7 Å². The predicted octanol–water partition coefficient (Wildman–Crippen LogP) is 3.58. The van der Waals surface area contributed by atoms with Crippen LogP contribution in [0, 0.1) is 0 Å². The highest BCUT2D eigenvalue weighted by molar-refractivity contribution is 5.86. The topological polar surface area (TPSA) is 59.4 Å². The molecule has 0 atom stereocenters. The highest BCUT2D eigenvalue weighted by Crippen LogP contribution is 2.25. The number of aromatic carboxylic acids is 1. The van der Waals surface area contributed by atoms with E-state index in [0.717, 1.165) is 5.56 Å². The molecule has 0 saturated carbocycles. The molecule has 0 amide bonds. The SMILES string of the molecule is COc1cc(C(=O)O)nc(-c2ccc(C(C)C)cc2)c1. The molecule has 0 aliphatic heterocycles. The Kier molecular flexibility index (Phi) is 4.03. The van der Waals surface area contributed by atoms with E-state index in [4.69, 9.17) is 9.84 Å². The van der Waals surface area contributed by atoms with Gasteiger partial charge in [-0.15, -0.1) is 0 Å². The zero-order valence-electron chi connectivity index (χ0n) is 11.8. The van der Waals surface area contributed by atoms with Crippen molar-refractivity contribution in [1.29, 1.82) is 0 Å². The number of hydrogen-bond donors (Lipinski definition) is 1. The number of hydrogen-bond acceptors (Lipinski definition) is 3. The smallest absolute Gasteiger partial charge is 0.354 e. The lowest BCUT2D eigenvalue weighted by Gasteiger charge is -2.08. The number of pyridine rings is 1. The molecular formula is C16H17NO3. The van der Waals surface area contributed by atoms with E-state index in [1.54, 1.807) is 6.07 Å². The third-order valence-corrected chi connectivity index (χ3v) is 3.13. The van der Waals surface area contributed by atoms with Crippen molar-refractivity contribution in [2.45, 2.75) is 19.8 Å². The molecule has 4 heteroatoms. The molecule has 0 saturated heterocycles. The molecule has 1 aromatic heterocycles. The maximum Gasteiger partial charge on any atom is 0.354 e. The van der Waals surface area contributed by atoms with Gasteiger partial charge in [-0.1, -0.05) is 38.1 Å². The van der Waals surface area contributed by atoms with E-state index in [0.29, 0.717) is 17.4 Å². The quantitative estimate of drug-likeness (QED) is 0.923. The zero-order chi connectivity index (χ0) is 14.7. The Hall–Kier alpha value is -2.36. The zero-order valence-corrected chi connectivity index (χ0v) is 11.8. The van der Waals surface area contributed by atoms with E-state index >= 15 is 0 Å². The first-order valence-corrected chi connectivity index (χ1v) is 6.41. The van der Waals surface area contributed by atoms with Crippen LogP contribution in [-0.2, 0) is 0 Å². The van der Waals surface area contributed by atoms with Crippen LogP contribution in [0.5, 0.6) is 5.75 Å². The molecule has 2 rings (SSSR count). The summed E-state index contributed by atoms with van der Waals surface area (Å²) in [6.07, 6.45) is 0. The van der Waals surface area contributed by atoms with Crippen LogP contribution in [0.1, 0.15) is 35.8 Å². The molecular weight excluding hydrogens is 254 g/mol. The summed E-state index contributed by atoms with van der Waals surface area (Å²) < 4.78 is 5.13. The summed E-state index contributed by atoms with van der Waals surface area (Å²) in [7, 11) is 1.51. The molecule has 1 N–H and O–H groups in total. The summed E-state index contributed by atoms with van der Waals surface area (Å²) >= 11 is 0. The molecule has 104 valence electrons. The second-order valence-electron chi connectivity index (χ2n) is 4.86. The van der Waals surface area contributed by atoms with Gasteiger partial charge in [0, 0.05) is 17.7 Å². The number of rotatable bonds is 4. The average molecular weight is 271 g/mol. The Bertz CT molecular complexity index is 618. The van der Waals surface area contributed by atoms with Gasteiger partial charge in [-0.05, 0) is 11.5 Å². The third kappa shape index (κ3) is 2.96. The van der Waals surface area contributed by atoms with Crippen LogP contribution in [0.25, 0.3) is 11.3 Å². The number of carboxylic acid groups (broad SMARTS) is 1. The van der Waals surface area contributed by atoms with Crippen molar-refractivity contribution in [3.8, 4) is 17.0 Å². The number of carbonyl (C=O) groups is 1. The van der Waals surface area contributed by atoms with E-state index in [-0.39, 0.29) is 5.69 Å². The van der Waals surface area contributed by atoms with Crippen LogP contribution >= 0.6 is 0 Å². The van der Waals surface area contributed by atoms with Crippen LogP contribution in [0.4, 0.5) is 0 Å². The molecule has 0 aliphatic rings. The first-order valence-electron chi connectivity index (χ1n) is 6.41. The summed E-state index contributed by atoms with van der Waals surface area (Å²) in [5, 5.41) is 9.07. The van der Waals surface area contributed by atoms with E-state index in [1.807, 2.05) is 24.3 Å². The van der Waals surface area contributed by atoms with E-state index in [2.05, 4.69) is 18.8 Å². The molecule has 1 heterocycles. The maximum absolute atomic E-state index is 11.1. The highest BCUT2D eigenvalue weighted by atomic mass is 16.5. The first-order chi connectivity index (χ1) is 9.51. The van der Waals surface area contributed by atoms with Crippen LogP contribution in [0.15, 0.2) is 36.4 Å². The lowest BCUT2D eigenvalue weighted by atomic mass is 10.0. The van der Waals surface area contributed by atoms with Crippen molar-refractivity contribution in [1.82, 2.24) is 4.98 Å². The molecule has 0 radical (unpaired) electrons. The third-order valence-electron chi connectivity index (χ3n) is 3.13. The van der Waals surface area contributed by atoms with Gasteiger partial charge in [-0.3, -0.25) is 0 Å². The molecule has 0 fully saturated rings. The standard InChI is InChI=1S/C16H17NO3/c1-10(2)11-4-6-12(7-5-11)14-8-13(20-3)9-15(17-14)16(18)19/h4-10H,1-3H3,(H,18,19). The van der Waals surface area contributed by atoms with Crippen LogP contribution in [-0.4, -0.2) is 23.2 Å². The second kappa shape index (κ2) is 5.74. The Balaban J connectivity index is 2.45. The van der Waals surface area contributed by atoms with Crippen molar-refractivity contribution in [3.63, 3.8) is 0 Å². The monoisotopic (exact) mass is 271 g/mol. The fourth-order valence-corrected chi connectivity index (χ4v) is 1.92. The predicted molar refractivity (Wildman–Crippen MR) is 77.3 cm³/mol. The number of benzene rings is 1. The summed E-state index contributed by atoms with van der Waals surface area (Å²) in [4.78, 5) is 15.2. The Morgan fingerprint density at radius 2 is 1.85 bits per heavy atom. The summed E-state index contributed by atoms with van der Waals surface area (Å²) in [6.45, 7) is 4.25. The minimum Gasteiger partial charge on any atom is -0.497 e. The molecule has 0 unspecified atom stereocenters. The Morgan fingerprint density at radius 3 is 2.35 bits per heavy atom. The van der Waals surface area contributed by atoms with E-state index < -0.39 is 5.97 Å². The van der Waals surface area contributed by atoms with Crippen molar-refractivity contribution >= 4 is 5.97 Å². The number of ether oxygens (including phenoxy) is 1. The lowest BCUT2D eigenvalue weighted by molar-refractivity contribution is 0.0690. The van der Waals surface area contributed by atoms with Gasteiger partial charge in [0.15, 0.2) is 5.69 Å². The Morgan fingerprint density at radius 1 is 1.20 bits per heavy atom. The normalized spacial score (nSPS) is 10.6. The fourth-order valence-electron chi connectivity index (χ4n) is 1.92. The van der Waals surface area contributed by atoms with Gasteiger partial charge >= 0.3 is 5.97 Å². The van der Waals surface area contributed by atoms with Crippen LogP contribution in [0.3, 0.4) is 0 Å². The minimum atomic E-state index is -1.07. The molecule has 0 aliphatic carbocycles. The molecule has 0 bridgehead atoms. The van der Waals surface area contributed by atoms with Gasteiger partial charge in [-0.25, -0.2) is 9.78 Å². The van der Waals surface area contributed by atoms with Crippen molar-refractivity contribution in [2.75, 3.05) is 7.11 Å². The first kappa shape index (κ1) is 14.1. The lowest BCUT2D eigenvalue weighted by Crippen LogP contribution is -2.02. The fraction of sp³-hybridized carbons (Fsp3) is 0.250. The second-order valence-corrected chi connectivity index (χ2v) is 4.86. The van der Waals surface area contributed by atoms with Gasteiger partial charge < -0.3 is 9.84 Å². The molecule has 4 nitrogen and oxygen atoms in total. The van der Waals surface area contributed by atoms with Crippen molar-refractivity contribution in [2.24, 2.45) is 0 Å². The van der Waals surface area contributed by atoms with Crippen LogP contribution in [0.2, 0.25) is 0 Å². The van der Waals surface area contributed by atoms with Gasteiger partial charge in [0.2, 0.25) is 0 Å². The largest absolute Gasteiger partial charge is 0.497 e.